The van der Waals surface area contributed by atoms with Crippen LogP contribution in [0.3, 0.4) is 0 Å². The number of carbonyl (C=O) groups excluding carboxylic acids is 1. The number of anilines is 1. The van der Waals surface area contributed by atoms with Crippen molar-refractivity contribution in [3.8, 4) is 5.75 Å². The van der Waals surface area contributed by atoms with Crippen LogP contribution >= 0.6 is 0 Å². The van der Waals surface area contributed by atoms with Gasteiger partial charge in [0.2, 0.25) is 5.91 Å². The zero-order valence-electron chi connectivity index (χ0n) is 13.1. The standard InChI is InChI=1S/C16H27N3O2/c1-3-19(4-2)11-6-10-18-16(20)9-12-21-15-8-5-7-14(17)13-15/h5,7-8,13H,3-4,6,9-12,17H2,1-2H3,(H,18,20). The van der Waals surface area contributed by atoms with Gasteiger partial charge in [-0.2, -0.15) is 0 Å². The molecule has 5 heteroatoms. The van der Waals surface area contributed by atoms with Gasteiger partial charge in [-0.05, 0) is 38.2 Å². The van der Waals surface area contributed by atoms with Gasteiger partial charge in [0.25, 0.3) is 0 Å². The zero-order chi connectivity index (χ0) is 15.5. The molecule has 21 heavy (non-hydrogen) atoms. The van der Waals surface area contributed by atoms with E-state index in [1.54, 1.807) is 12.1 Å². The monoisotopic (exact) mass is 293 g/mol. The number of ether oxygens (including phenoxy) is 1. The molecule has 0 atom stereocenters. The van der Waals surface area contributed by atoms with Crippen molar-refractivity contribution in [2.75, 3.05) is 38.5 Å². The Balaban J connectivity index is 2.09. The summed E-state index contributed by atoms with van der Waals surface area (Å²) >= 11 is 0. The van der Waals surface area contributed by atoms with Crippen LogP contribution < -0.4 is 15.8 Å². The fourth-order valence-corrected chi connectivity index (χ4v) is 2.02. The van der Waals surface area contributed by atoms with Crippen LogP contribution in [0.4, 0.5) is 5.69 Å². The third-order valence-electron chi connectivity index (χ3n) is 3.32. The summed E-state index contributed by atoms with van der Waals surface area (Å²) in [5.41, 5.74) is 6.32. The highest BCUT2D eigenvalue weighted by molar-refractivity contribution is 5.75. The Kier molecular flexibility index (Phi) is 8.28. The number of hydrogen-bond donors (Lipinski definition) is 2. The third-order valence-corrected chi connectivity index (χ3v) is 3.32. The summed E-state index contributed by atoms with van der Waals surface area (Å²) in [6.45, 7) is 8.51. The predicted molar refractivity (Wildman–Crippen MR) is 86.4 cm³/mol. The Morgan fingerprint density at radius 2 is 2.10 bits per heavy atom. The van der Waals surface area contributed by atoms with E-state index in [1.165, 1.54) is 0 Å². The molecule has 0 heterocycles. The second-order valence-electron chi connectivity index (χ2n) is 4.90. The van der Waals surface area contributed by atoms with E-state index in [0.717, 1.165) is 26.1 Å². The molecule has 0 bridgehead atoms. The number of nitrogens with one attached hydrogen (secondary N) is 1. The van der Waals surface area contributed by atoms with Gasteiger partial charge in [0.05, 0.1) is 13.0 Å². The Labute approximate surface area is 127 Å². The Morgan fingerprint density at radius 1 is 1.33 bits per heavy atom. The van der Waals surface area contributed by atoms with E-state index in [2.05, 4.69) is 24.1 Å². The second kappa shape index (κ2) is 10.0. The Bertz CT molecular complexity index is 420. The quantitative estimate of drug-likeness (QED) is 0.510. The fourth-order valence-electron chi connectivity index (χ4n) is 2.02. The molecule has 3 N–H and O–H groups in total. The van der Waals surface area contributed by atoms with E-state index in [-0.39, 0.29) is 5.91 Å². The summed E-state index contributed by atoms with van der Waals surface area (Å²) in [7, 11) is 0. The fraction of sp³-hybridized carbons (Fsp3) is 0.562. The van der Waals surface area contributed by atoms with Gasteiger partial charge in [-0.3, -0.25) is 4.79 Å². The van der Waals surface area contributed by atoms with Crippen LogP contribution in [0.1, 0.15) is 26.7 Å². The first-order valence-corrected chi connectivity index (χ1v) is 7.63. The lowest BCUT2D eigenvalue weighted by Gasteiger charge is -2.17. The molecule has 118 valence electrons. The molecule has 0 fully saturated rings. The maximum atomic E-state index is 11.7. The van der Waals surface area contributed by atoms with E-state index in [1.807, 2.05) is 12.1 Å². The number of rotatable bonds is 10. The molecule has 1 rings (SSSR count). The molecule has 0 aliphatic heterocycles. The van der Waals surface area contributed by atoms with E-state index >= 15 is 0 Å². The average Bonchev–Trinajstić information content (AvgIpc) is 2.47. The molecule has 0 aliphatic carbocycles. The van der Waals surface area contributed by atoms with Crippen LogP contribution in [-0.2, 0) is 4.79 Å². The molecule has 0 spiro atoms. The molecule has 0 aliphatic rings. The van der Waals surface area contributed by atoms with Gasteiger partial charge in [0, 0.05) is 18.3 Å². The van der Waals surface area contributed by atoms with Gasteiger partial charge in [0.15, 0.2) is 0 Å². The Morgan fingerprint density at radius 3 is 2.76 bits per heavy atom. The minimum absolute atomic E-state index is 0.0263. The van der Waals surface area contributed by atoms with Crippen molar-refractivity contribution in [1.82, 2.24) is 10.2 Å². The van der Waals surface area contributed by atoms with Crippen LogP contribution in [0, 0.1) is 0 Å². The number of nitrogens with zero attached hydrogens (tertiary/aromatic N) is 1. The van der Waals surface area contributed by atoms with Gasteiger partial charge in [-0.15, -0.1) is 0 Å². The highest BCUT2D eigenvalue weighted by atomic mass is 16.5. The van der Waals surface area contributed by atoms with Crippen LogP contribution in [0.5, 0.6) is 5.75 Å². The van der Waals surface area contributed by atoms with Crippen LogP contribution in [0.15, 0.2) is 24.3 Å². The normalized spacial score (nSPS) is 10.6. The number of carbonyl (C=O) groups is 1. The summed E-state index contributed by atoms with van der Waals surface area (Å²) in [6, 6.07) is 7.22. The van der Waals surface area contributed by atoms with Gasteiger partial charge >= 0.3 is 0 Å². The molecular formula is C16H27N3O2. The number of hydrogen-bond acceptors (Lipinski definition) is 4. The van der Waals surface area contributed by atoms with Crippen LogP contribution in [0.2, 0.25) is 0 Å². The maximum Gasteiger partial charge on any atom is 0.223 e. The Hall–Kier alpha value is -1.75. The van der Waals surface area contributed by atoms with E-state index in [0.29, 0.717) is 31.0 Å². The van der Waals surface area contributed by atoms with Crippen molar-refractivity contribution in [3.63, 3.8) is 0 Å². The molecule has 0 radical (unpaired) electrons. The van der Waals surface area contributed by atoms with Gasteiger partial charge in [-0.25, -0.2) is 0 Å². The van der Waals surface area contributed by atoms with Gasteiger partial charge in [0.1, 0.15) is 5.75 Å². The van der Waals surface area contributed by atoms with E-state index in [4.69, 9.17) is 10.5 Å². The van der Waals surface area contributed by atoms with Gasteiger partial charge in [-0.1, -0.05) is 19.9 Å². The molecule has 0 aromatic heterocycles. The summed E-state index contributed by atoms with van der Waals surface area (Å²) in [6.07, 6.45) is 1.34. The number of nitrogens with two attached hydrogens (primary N) is 1. The molecule has 1 aromatic rings. The van der Waals surface area contributed by atoms with Crippen molar-refractivity contribution in [1.29, 1.82) is 0 Å². The summed E-state index contributed by atoms with van der Waals surface area (Å²) < 4.78 is 5.49. The largest absolute Gasteiger partial charge is 0.493 e. The summed E-state index contributed by atoms with van der Waals surface area (Å²) in [4.78, 5) is 14.0. The third kappa shape index (κ3) is 7.56. The van der Waals surface area contributed by atoms with Crippen molar-refractivity contribution in [2.24, 2.45) is 0 Å². The minimum Gasteiger partial charge on any atom is -0.493 e. The predicted octanol–water partition coefficient (Wildman–Crippen LogP) is 1.89. The molecular weight excluding hydrogens is 266 g/mol. The average molecular weight is 293 g/mol. The minimum atomic E-state index is 0.0263. The highest BCUT2D eigenvalue weighted by Gasteiger charge is 2.03. The van der Waals surface area contributed by atoms with Crippen molar-refractivity contribution < 1.29 is 9.53 Å². The van der Waals surface area contributed by atoms with Crippen LogP contribution in [0.25, 0.3) is 0 Å². The molecule has 5 nitrogen and oxygen atoms in total. The number of amides is 1. The molecule has 1 amide bonds. The lowest BCUT2D eigenvalue weighted by Crippen LogP contribution is -2.30. The van der Waals surface area contributed by atoms with E-state index in [9.17, 15) is 4.79 Å². The first-order valence-electron chi connectivity index (χ1n) is 7.63. The summed E-state index contributed by atoms with van der Waals surface area (Å²) in [5, 5.41) is 2.91. The second-order valence-corrected chi connectivity index (χ2v) is 4.90. The zero-order valence-corrected chi connectivity index (χ0v) is 13.1. The first kappa shape index (κ1) is 17.3. The first-order chi connectivity index (χ1) is 10.2. The van der Waals surface area contributed by atoms with Crippen LogP contribution in [-0.4, -0.2) is 43.6 Å². The lowest BCUT2D eigenvalue weighted by atomic mass is 10.3. The number of nitrogen functional groups attached to an aromatic ring is 1. The topological polar surface area (TPSA) is 67.6 Å². The van der Waals surface area contributed by atoms with Crippen molar-refractivity contribution in [2.45, 2.75) is 26.7 Å². The maximum absolute atomic E-state index is 11.7. The molecule has 0 saturated carbocycles. The molecule has 0 unspecified atom stereocenters. The smallest absolute Gasteiger partial charge is 0.223 e. The van der Waals surface area contributed by atoms with Crippen molar-refractivity contribution >= 4 is 11.6 Å². The SMILES string of the molecule is CCN(CC)CCCNC(=O)CCOc1cccc(N)c1. The summed E-state index contributed by atoms with van der Waals surface area (Å²) in [5.74, 6) is 0.725. The molecule has 0 saturated heterocycles. The van der Waals surface area contributed by atoms with E-state index < -0.39 is 0 Å². The number of benzene rings is 1. The lowest BCUT2D eigenvalue weighted by molar-refractivity contribution is -0.121. The highest BCUT2D eigenvalue weighted by Crippen LogP contribution is 2.14. The molecule has 1 aromatic carbocycles. The van der Waals surface area contributed by atoms with Gasteiger partial charge < -0.3 is 20.7 Å². The van der Waals surface area contributed by atoms with Crippen molar-refractivity contribution in [3.05, 3.63) is 24.3 Å².